The number of benzene rings is 2. The van der Waals surface area contributed by atoms with Crippen molar-refractivity contribution < 1.29 is 9.53 Å². The smallest absolute Gasteiger partial charge is 0.240 e. The molecule has 0 aliphatic carbocycles. The summed E-state index contributed by atoms with van der Waals surface area (Å²) < 4.78 is 7.68. The standard InChI is InChI=1S/C26H25ClN6O2.CH4/c1-26(2,29)25(34)30-22(16-35-15-18-6-4-3-5-7-18)24-32-31-23-21(12-20(27)14-33(23)24)19-10-8-17(13-28)9-11-19;/h3-12,14,22H,15-16,29H2,1-2H3,(H,30,34);1H4/t22-;/m1./s1. The highest BCUT2D eigenvalue weighted by atomic mass is 35.5. The average Bonchev–Trinajstić information content (AvgIpc) is 3.26. The van der Waals surface area contributed by atoms with Crippen molar-refractivity contribution in [1.82, 2.24) is 19.9 Å². The molecule has 2 heterocycles. The molecule has 9 heteroatoms. The van der Waals surface area contributed by atoms with Gasteiger partial charge in [0.2, 0.25) is 5.91 Å². The predicted octanol–water partition coefficient (Wildman–Crippen LogP) is 4.67. The first kappa shape index (κ1) is 26.8. The Balaban J connectivity index is 0.00000361. The summed E-state index contributed by atoms with van der Waals surface area (Å²) in [6.45, 7) is 3.78. The van der Waals surface area contributed by atoms with Gasteiger partial charge in [0, 0.05) is 11.8 Å². The molecule has 1 amide bonds. The van der Waals surface area contributed by atoms with Crippen molar-refractivity contribution >= 4 is 23.2 Å². The van der Waals surface area contributed by atoms with Crippen LogP contribution >= 0.6 is 11.6 Å². The van der Waals surface area contributed by atoms with Crippen LogP contribution in [0.15, 0.2) is 66.9 Å². The highest BCUT2D eigenvalue weighted by molar-refractivity contribution is 6.30. The van der Waals surface area contributed by atoms with E-state index in [4.69, 9.17) is 27.3 Å². The minimum Gasteiger partial charge on any atom is -0.374 e. The Labute approximate surface area is 215 Å². The lowest BCUT2D eigenvalue weighted by Gasteiger charge is -2.23. The zero-order valence-corrected chi connectivity index (χ0v) is 20.2. The first-order valence-corrected chi connectivity index (χ1v) is 11.4. The van der Waals surface area contributed by atoms with Gasteiger partial charge in [0.05, 0.1) is 35.4 Å². The number of amides is 1. The van der Waals surface area contributed by atoms with Gasteiger partial charge >= 0.3 is 0 Å². The van der Waals surface area contributed by atoms with Crippen molar-refractivity contribution in [3.8, 4) is 17.2 Å². The van der Waals surface area contributed by atoms with Crippen molar-refractivity contribution in [1.29, 1.82) is 5.26 Å². The van der Waals surface area contributed by atoms with Gasteiger partial charge in [0.15, 0.2) is 11.5 Å². The molecule has 186 valence electrons. The zero-order chi connectivity index (χ0) is 25.0. The normalized spacial score (nSPS) is 12.0. The van der Waals surface area contributed by atoms with E-state index >= 15 is 0 Å². The van der Waals surface area contributed by atoms with Crippen LogP contribution in [0.2, 0.25) is 5.02 Å². The highest BCUT2D eigenvalue weighted by Gasteiger charge is 2.28. The van der Waals surface area contributed by atoms with Gasteiger partial charge in [0.25, 0.3) is 0 Å². The summed E-state index contributed by atoms with van der Waals surface area (Å²) >= 11 is 6.46. The molecule has 0 unspecified atom stereocenters. The number of ether oxygens (including phenoxy) is 1. The van der Waals surface area contributed by atoms with Crippen molar-refractivity contribution in [3.63, 3.8) is 0 Å². The Morgan fingerprint density at radius 1 is 1.19 bits per heavy atom. The third-order valence-electron chi connectivity index (χ3n) is 5.42. The number of pyridine rings is 1. The SMILES string of the molecule is C.CC(C)(N)C(=O)N[C@H](COCc1ccccc1)c1nnc2c(-c3ccc(C#N)cc3)cc(Cl)cn12. The predicted molar refractivity (Wildman–Crippen MR) is 140 cm³/mol. The molecule has 0 saturated heterocycles. The number of rotatable bonds is 8. The van der Waals surface area contributed by atoms with Gasteiger partial charge in [-0.25, -0.2) is 0 Å². The molecule has 1 atom stereocenters. The minimum absolute atomic E-state index is 0. The van der Waals surface area contributed by atoms with Gasteiger partial charge in [-0.1, -0.05) is 61.5 Å². The fourth-order valence-corrected chi connectivity index (χ4v) is 3.75. The van der Waals surface area contributed by atoms with Crippen molar-refractivity contribution in [2.45, 2.75) is 39.5 Å². The second kappa shape index (κ2) is 11.3. The number of hydrogen-bond acceptors (Lipinski definition) is 6. The molecule has 0 fully saturated rings. The lowest BCUT2D eigenvalue weighted by atomic mass is 10.0. The third kappa shape index (κ3) is 6.07. The van der Waals surface area contributed by atoms with Crippen LogP contribution in [0.5, 0.6) is 0 Å². The first-order valence-electron chi connectivity index (χ1n) is 11.0. The Kier molecular flexibility index (Phi) is 8.43. The summed E-state index contributed by atoms with van der Waals surface area (Å²) in [5.41, 5.74) is 8.63. The lowest BCUT2D eigenvalue weighted by Crippen LogP contribution is -2.50. The van der Waals surface area contributed by atoms with E-state index in [1.165, 1.54) is 0 Å². The Morgan fingerprint density at radius 3 is 2.53 bits per heavy atom. The molecule has 0 radical (unpaired) electrons. The molecule has 3 N–H and O–H groups in total. The number of halogens is 1. The quantitative estimate of drug-likeness (QED) is 0.360. The number of hydrogen-bond donors (Lipinski definition) is 2. The highest BCUT2D eigenvalue weighted by Crippen LogP contribution is 2.29. The van der Waals surface area contributed by atoms with E-state index in [0.717, 1.165) is 16.7 Å². The molecule has 4 rings (SSSR count). The zero-order valence-electron chi connectivity index (χ0n) is 19.4. The van der Waals surface area contributed by atoms with Crippen LogP contribution in [0.4, 0.5) is 0 Å². The summed E-state index contributed by atoms with van der Waals surface area (Å²) in [6.07, 6.45) is 1.70. The molecule has 4 aromatic rings. The van der Waals surface area contributed by atoms with E-state index in [0.29, 0.717) is 28.7 Å². The van der Waals surface area contributed by atoms with E-state index in [1.54, 1.807) is 42.6 Å². The summed E-state index contributed by atoms with van der Waals surface area (Å²) in [7, 11) is 0. The molecular formula is C27H29ClN6O2. The number of carbonyl (C=O) groups is 1. The molecule has 2 aromatic heterocycles. The molecular weight excluding hydrogens is 476 g/mol. The second-order valence-corrected chi connectivity index (χ2v) is 9.20. The maximum Gasteiger partial charge on any atom is 0.240 e. The number of nitrogens with one attached hydrogen (secondary N) is 1. The van der Waals surface area contributed by atoms with Gasteiger partial charge < -0.3 is 15.8 Å². The Morgan fingerprint density at radius 2 is 1.89 bits per heavy atom. The molecule has 0 saturated carbocycles. The van der Waals surface area contributed by atoms with Crippen LogP contribution in [0.1, 0.15) is 44.3 Å². The fourth-order valence-electron chi connectivity index (χ4n) is 3.55. The molecule has 8 nitrogen and oxygen atoms in total. The van der Waals surface area contributed by atoms with Crippen LogP contribution < -0.4 is 11.1 Å². The van der Waals surface area contributed by atoms with Gasteiger partial charge in [-0.05, 0) is 43.2 Å². The Hall–Kier alpha value is -3.77. The minimum atomic E-state index is -1.09. The van der Waals surface area contributed by atoms with Gasteiger partial charge in [-0.2, -0.15) is 5.26 Å². The number of nitrogens with two attached hydrogens (primary N) is 1. The number of aromatic nitrogens is 3. The third-order valence-corrected chi connectivity index (χ3v) is 5.63. The van der Waals surface area contributed by atoms with E-state index in [9.17, 15) is 4.79 Å². The van der Waals surface area contributed by atoms with Crippen LogP contribution in [0, 0.1) is 11.3 Å². The van der Waals surface area contributed by atoms with Gasteiger partial charge in [-0.15, -0.1) is 10.2 Å². The molecule has 0 spiro atoms. The first-order chi connectivity index (χ1) is 16.8. The van der Waals surface area contributed by atoms with Crippen molar-refractivity contribution in [2.24, 2.45) is 5.73 Å². The number of carbonyl (C=O) groups excluding carboxylic acids is 1. The van der Waals surface area contributed by atoms with E-state index < -0.39 is 11.6 Å². The summed E-state index contributed by atoms with van der Waals surface area (Å²) in [5.74, 6) is 0.111. The lowest BCUT2D eigenvalue weighted by molar-refractivity contribution is -0.126. The van der Waals surface area contributed by atoms with Crippen LogP contribution in [-0.2, 0) is 16.1 Å². The summed E-state index contributed by atoms with van der Waals surface area (Å²) in [4.78, 5) is 12.8. The number of nitrogens with zero attached hydrogens (tertiary/aromatic N) is 4. The molecule has 36 heavy (non-hydrogen) atoms. The second-order valence-electron chi connectivity index (χ2n) is 8.76. The fraction of sp³-hybridized carbons (Fsp3) is 0.259. The Bertz CT molecular complexity index is 1370. The van der Waals surface area contributed by atoms with E-state index in [-0.39, 0.29) is 19.9 Å². The van der Waals surface area contributed by atoms with Gasteiger partial charge in [0.1, 0.15) is 6.04 Å². The molecule has 0 aliphatic heterocycles. The average molecular weight is 505 g/mol. The maximum absolute atomic E-state index is 12.8. The summed E-state index contributed by atoms with van der Waals surface area (Å²) in [5, 5.41) is 21.3. The van der Waals surface area contributed by atoms with Crippen LogP contribution in [0.3, 0.4) is 0 Å². The molecule has 0 aliphatic rings. The van der Waals surface area contributed by atoms with Crippen LogP contribution in [-0.4, -0.2) is 32.7 Å². The van der Waals surface area contributed by atoms with Crippen molar-refractivity contribution in [2.75, 3.05) is 6.61 Å². The largest absolute Gasteiger partial charge is 0.374 e. The topological polar surface area (TPSA) is 118 Å². The van der Waals surface area contributed by atoms with Crippen molar-refractivity contribution in [3.05, 3.63) is 88.8 Å². The molecule has 0 bridgehead atoms. The van der Waals surface area contributed by atoms with E-state index in [2.05, 4.69) is 21.6 Å². The van der Waals surface area contributed by atoms with Crippen LogP contribution in [0.25, 0.3) is 16.8 Å². The van der Waals surface area contributed by atoms with Gasteiger partial charge in [-0.3, -0.25) is 9.20 Å². The monoisotopic (exact) mass is 504 g/mol. The number of nitriles is 1. The van der Waals surface area contributed by atoms with E-state index in [1.807, 2.05) is 42.5 Å². The summed E-state index contributed by atoms with van der Waals surface area (Å²) in [6, 6.07) is 20.1. The maximum atomic E-state index is 12.8. The molecule has 2 aromatic carbocycles. The number of fused-ring (bicyclic) bond motifs is 1.